The third-order valence-electron chi connectivity index (χ3n) is 3.69. The molecule has 8 nitrogen and oxygen atoms in total. The molecule has 154 valence electrons. The van der Waals surface area contributed by atoms with E-state index in [1.165, 1.54) is 30.5 Å². The molecule has 0 aliphatic heterocycles. The number of nitro benzene ring substituents is 1. The highest BCUT2D eigenvalue weighted by Gasteiger charge is 2.13. The Morgan fingerprint density at radius 3 is 2.67 bits per heavy atom. The number of nitro groups is 1. The fraction of sp³-hybridized carbons (Fsp3) is 0.0526. The number of furan rings is 1. The van der Waals surface area contributed by atoms with Crippen molar-refractivity contribution < 1.29 is 18.9 Å². The van der Waals surface area contributed by atoms with E-state index in [1.54, 1.807) is 24.3 Å². The zero-order valence-corrected chi connectivity index (χ0v) is 17.2. The van der Waals surface area contributed by atoms with Crippen molar-refractivity contribution in [1.82, 2.24) is 5.43 Å². The summed E-state index contributed by atoms with van der Waals surface area (Å²) in [4.78, 5) is 22.1. The lowest BCUT2D eigenvalue weighted by Crippen LogP contribution is -2.24. The van der Waals surface area contributed by atoms with Crippen LogP contribution in [0.1, 0.15) is 5.76 Å². The van der Waals surface area contributed by atoms with Crippen LogP contribution in [0.2, 0.25) is 15.1 Å². The molecular formula is C19H12Cl3N3O5. The molecule has 0 bridgehead atoms. The fourth-order valence-corrected chi connectivity index (χ4v) is 2.92. The molecule has 30 heavy (non-hydrogen) atoms. The van der Waals surface area contributed by atoms with Gasteiger partial charge in [0.2, 0.25) is 0 Å². The third kappa shape index (κ3) is 5.50. The van der Waals surface area contributed by atoms with E-state index in [1.807, 2.05) is 0 Å². The van der Waals surface area contributed by atoms with Crippen LogP contribution in [-0.4, -0.2) is 23.7 Å². The summed E-state index contributed by atoms with van der Waals surface area (Å²) in [5.74, 6) is 0.478. The summed E-state index contributed by atoms with van der Waals surface area (Å²) in [6, 6.07) is 11.9. The van der Waals surface area contributed by atoms with Crippen LogP contribution >= 0.6 is 34.8 Å². The lowest BCUT2D eigenvalue weighted by atomic mass is 10.1. The average Bonchev–Trinajstić information content (AvgIpc) is 3.17. The van der Waals surface area contributed by atoms with Crippen molar-refractivity contribution in [3.05, 3.63) is 79.5 Å². The number of carbonyl (C=O) groups is 1. The van der Waals surface area contributed by atoms with Gasteiger partial charge in [0, 0.05) is 28.8 Å². The molecule has 1 aromatic heterocycles. The summed E-state index contributed by atoms with van der Waals surface area (Å²) in [6.45, 7) is -0.320. The monoisotopic (exact) mass is 467 g/mol. The van der Waals surface area contributed by atoms with Crippen LogP contribution in [-0.2, 0) is 4.79 Å². The Morgan fingerprint density at radius 2 is 1.93 bits per heavy atom. The van der Waals surface area contributed by atoms with E-state index in [0.29, 0.717) is 27.1 Å². The average molecular weight is 469 g/mol. The van der Waals surface area contributed by atoms with E-state index in [2.05, 4.69) is 10.5 Å². The lowest BCUT2D eigenvalue weighted by Gasteiger charge is -2.07. The van der Waals surface area contributed by atoms with Gasteiger partial charge in [-0.25, -0.2) is 5.43 Å². The summed E-state index contributed by atoms with van der Waals surface area (Å²) < 4.78 is 10.9. The Hall–Kier alpha value is -3.07. The van der Waals surface area contributed by atoms with Crippen LogP contribution < -0.4 is 10.2 Å². The number of non-ortho nitro benzene ring substituents is 1. The third-order valence-corrected chi connectivity index (χ3v) is 4.55. The maximum atomic E-state index is 11.8. The number of carbonyl (C=O) groups excluding carboxylic acids is 1. The van der Waals surface area contributed by atoms with Crippen molar-refractivity contribution in [2.75, 3.05) is 6.61 Å². The van der Waals surface area contributed by atoms with Gasteiger partial charge in [0.15, 0.2) is 6.61 Å². The van der Waals surface area contributed by atoms with Crippen LogP contribution in [0.4, 0.5) is 5.69 Å². The molecule has 0 unspecified atom stereocenters. The number of hydrogen-bond acceptors (Lipinski definition) is 6. The highest BCUT2D eigenvalue weighted by atomic mass is 35.5. The number of rotatable bonds is 7. The smallest absolute Gasteiger partial charge is 0.277 e. The first-order valence-electron chi connectivity index (χ1n) is 8.27. The molecule has 2 aromatic carbocycles. The van der Waals surface area contributed by atoms with Gasteiger partial charge in [0.25, 0.3) is 11.6 Å². The van der Waals surface area contributed by atoms with E-state index >= 15 is 0 Å². The van der Waals surface area contributed by atoms with E-state index in [-0.39, 0.29) is 23.1 Å². The van der Waals surface area contributed by atoms with Gasteiger partial charge in [0.05, 0.1) is 21.2 Å². The fourth-order valence-electron chi connectivity index (χ4n) is 2.32. The van der Waals surface area contributed by atoms with Crippen LogP contribution in [0.5, 0.6) is 5.75 Å². The predicted molar refractivity (Wildman–Crippen MR) is 114 cm³/mol. The van der Waals surface area contributed by atoms with Crippen LogP contribution in [0.3, 0.4) is 0 Å². The number of nitrogens with zero attached hydrogens (tertiary/aromatic N) is 2. The van der Waals surface area contributed by atoms with Gasteiger partial charge < -0.3 is 9.15 Å². The molecule has 0 spiro atoms. The van der Waals surface area contributed by atoms with Gasteiger partial charge in [-0.1, -0.05) is 34.8 Å². The molecule has 1 N–H and O–H groups in total. The van der Waals surface area contributed by atoms with Crippen LogP contribution in [0.15, 0.2) is 58.0 Å². The molecule has 1 heterocycles. The Morgan fingerprint density at radius 1 is 1.13 bits per heavy atom. The first kappa shape index (κ1) is 21.6. The molecule has 11 heteroatoms. The van der Waals surface area contributed by atoms with E-state index in [9.17, 15) is 14.9 Å². The summed E-state index contributed by atoms with van der Waals surface area (Å²) >= 11 is 17.9. The largest absolute Gasteiger partial charge is 0.482 e. The molecule has 1 amide bonds. The van der Waals surface area contributed by atoms with Crippen molar-refractivity contribution in [2.45, 2.75) is 0 Å². The molecule has 0 aliphatic carbocycles. The number of hydrogen-bond donors (Lipinski definition) is 1. The van der Waals surface area contributed by atoms with E-state index in [0.717, 1.165) is 0 Å². The summed E-state index contributed by atoms with van der Waals surface area (Å²) in [7, 11) is 0. The number of nitrogens with one attached hydrogen (secondary N) is 1. The summed E-state index contributed by atoms with van der Waals surface area (Å²) in [6.07, 6.45) is 1.28. The predicted octanol–water partition coefficient (Wildman–Crippen LogP) is 5.34. The van der Waals surface area contributed by atoms with E-state index in [4.69, 9.17) is 44.0 Å². The minimum absolute atomic E-state index is 0.124. The minimum atomic E-state index is -0.539. The molecule has 0 atom stereocenters. The zero-order chi connectivity index (χ0) is 21.7. The Labute approximate surface area is 185 Å². The standard InChI is InChI=1S/C19H12Cl3N3O5/c20-11-1-5-15(21)18(7-11)29-10-19(26)24-23-9-13-3-6-17(30-13)14-4-2-12(25(27)28)8-16(14)22/h1-9H,10H2,(H,24,26). The highest BCUT2D eigenvalue weighted by Crippen LogP contribution is 2.32. The molecular weight excluding hydrogens is 457 g/mol. The number of ether oxygens (including phenoxy) is 1. The molecule has 0 radical (unpaired) electrons. The molecule has 0 saturated heterocycles. The van der Waals surface area contributed by atoms with Crippen molar-refractivity contribution in [2.24, 2.45) is 5.10 Å². The van der Waals surface area contributed by atoms with Gasteiger partial charge in [-0.3, -0.25) is 14.9 Å². The number of benzene rings is 2. The normalized spacial score (nSPS) is 10.9. The molecule has 0 aliphatic rings. The highest BCUT2D eigenvalue weighted by molar-refractivity contribution is 6.34. The van der Waals surface area contributed by atoms with Crippen molar-refractivity contribution in [3.8, 4) is 17.1 Å². The Balaban J connectivity index is 1.57. The van der Waals surface area contributed by atoms with Gasteiger partial charge >= 0.3 is 0 Å². The van der Waals surface area contributed by atoms with Gasteiger partial charge in [-0.05, 0) is 30.3 Å². The first-order valence-corrected chi connectivity index (χ1v) is 9.41. The first-order chi connectivity index (χ1) is 14.3. The maximum Gasteiger partial charge on any atom is 0.277 e. The molecule has 0 fully saturated rings. The topological polar surface area (TPSA) is 107 Å². The summed E-state index contributed by atoms with van der Waals surface area (Å²) in [5, 5.41) is 15.5. The second-order valence-corrected chi connectivity index (χ2v) is 7.03. The Bertz CT molecular complexity index is 1130. The molecule has 3 rings (SSSR count). The SMILES string of the molecule is O=C(COc1cc(Cl)ccc1Cl)NN=Cc1ccc(-c2ccc([N+](=O)[O-])cc2Cl)o1. The lowest BCUT2D eigenvalue weighted by molar-refractivity contribution is -0.384. The van der Waals surface area contributed by atoms with Crippen molar-refractivity contribution >= 4 is 52.6 Å². The molecule has 3 aromatic rings. The second kappa shape index (κ2) is 9.62. The maximum absolute atomic E-state index is 11.8. The number of hydrazone groups is 1. The quantitative estimate of drug-likeness (QED) is 0.286. The van der Waals surface area contributed by atoms with Gasteiger partial charge in [-0.2, -0.15) is 5.10 Å². The minimum Gasteiger partial charge on any atom is -0.482 e. The van der Waals surface area contributed by atoms with Crippen LogP contribution in [0.25, 0.3) is 11.3 Å². The summed E-state index contributed by atoms with van der Waals surface area (Å²) in [5.41, 5.74) is 2.64. The number of amides is 1. The number of halogens is 3. The van der Waals surface area contributed by atoms with E-state index < -0.39 is 10.8 Å². The van der Waals surface area contributed by atoms with Crippen LogP contribution in [0, 0.1) is 10.1 Å². The second-order valence-electron chi connectivity index (χ2n) is 5.78. The van der Waals surface area contributed by atoms with Gasteiger partial charge in [0.1, 0.15) is 17.3 Å². The zero-order valence-electron chi connectivity index (χ0n) is 15.0. The van der Waals surface area contributed by atoms with Crippen molar-refractivity contribution in [3.63, 3.8) is 0 Å². The molecule has 0 saturated carbocycles. The van der Waals surface area contributed by atoms with Crippen molar-refractivity contribution in [1.29, 1.82) is 0 Å². The van der Waals surface area contributed by atoms with Gasteiger partial charge in [-0.15, -0.1) is 0 Å². The Kier molecular flexibility index (Phi) is 6.94.